The number of nitrogens with zero attached hydrogens (tertiary/aromatic N) is 1. The summed E-state index contributed by atoms with van der Waals surface area (Å²) in [5.74, 6) is 1.50. The SMILES string of the molecule is CS(=O)(=O)CCSCc1cccc(C(N)=NO)c1. The lowest BCUT2D eigenvalue weighted by Gasteiger charge is -2.04. The quantitative estimate of drug-likeness (QED) is 0.268. The smallest absolute Gasteiger partial charge is 0.170 e. The van der Waals surface area contributed by atoms with Crippen molar-refractivity contribution in [2.24, 2.45) is 10.9 Å². The van der Waals surface area contributed by atoms with E-state index in [1.165, 1.54) is 18.0 Å². The van der Waals surface area contributed by atoms with Gasteiger partial charge < -0.3 is 10.9 Å². The van der Waals surface area contributed by atoms with Crippen LogP contribution in [0.25, 0.3) is 0 Å². The fourth-order valence-electron chi connectivity index (χ4n) is 1.28. The van der Waals surface area contributed by atoms with Crippen LogP contribution < -0.4 is 5.73 Å². The van der Waals surface area contributed by atoms with Crippen LogP contribution in [0.15, 0.2) is 29.4 Å². The summed E-state index contributed by atoms with van der Waals surface area (Å²) in [7, 11) is -2.90. The zero-order valence-electron chi connectivity index (χ0n) is 10.0. The summed E-state index contributed by atoms with van der Waals surface area (Å²) in [6.07, 6.45) is 1.23. The third-order valence-corrected chi connectivity index (χ3v) is 4.43. The van der Waals surface area contributed by atoms with Gasteiger partial charge >= 0.3 is 0 Å². The van der Waals surface area contributed by atoms with Crippen molar-refractivity contribution in [1.82, 2.24) is 0 Å². The van der Waals surface area contributed by atoms with Gasteiger partial charge in [-0.3, -0.25) is 0 Å². The molecule has 0 heterocycles. The minimum atomic E-state index is -2.90. The monoisotopic (exact) mass is 288 g/mol. The molecule has 0 bridgehead atoms. The normalized spacial score (nSPS) is 12.6. The van der Waals surface area contributed by atoms with E-state index < -0.39 is 9.84 Å². The second-order valence-corrected chi connectivity index (χ2v) is 7.23. The standard InChI is InChI=1S/C11H16N2O3S2/c1-18(15,16)6-5-17-8-9-3-2-4-10(7-9)11(12)13-14/h2-4,7,14H,5-6,8H2,1H3,(H2,12,13). The highest BCUT2D eigenvalue weighted by atomic mass is 32.2. The van der Waals surface area contributed by atoms with Gasteiger partial charge in [0.2, 0.25) is 0 Å². The summed E-state index contributed by atoms with van der Waals surface area (Å²) < 4.78 is 21.9. The fourth-order valence-corrected chi connectivity index (χ4v) is 3.52. The van der Waals surface area contributed by atoms with Gasteiger partial charge in [0.1, 0.15) is 9.84 Å². The van der Waals surface area contributed by atoms with Crippen LogP contribution in [0.1, 0.15) is 11.1 Å². The molecule has 18 heavy (non-hydrogen) atoms. The minimum Gasteiger partial charge on any atom is -0.409 e. The number of thioether (sulfide) groups is 1. The van der Waals surface area contributed by atoms with Crippen LogP contribution in [0, 0.1) is 0 Å². The van der Waals surface area contributed by atoms with Crippen LogP contribution >= 0.6 is 11.8 Å². The molecule has 0 atom stereocenters. The lowest BCUT2D eigenvalue weighted by Crippen LogP contribution is -2.13. The maximum atomic E-state index is 11.0. The molecule has 3 N–H and O–H groups in total. The summed E-state index contributed by atoms with van der Waals surface area (Å²) in [4.78, 5) is 0. The zero-order valence-corrected chi connectivity index (χ0v) is 11.7. The summed E-state index contributed by atoms with van der Waals surface area (Å²) in [6, 6.07) is 7.31. The molecule has 1 aromatic rings. The number of oxime groups is 1. The summed E-state index contributed by atoms with van der Waals surface area (Å²) in [5, 5.41) is 11.5. The van der Waals surface area contributed by atoms with Gasteiger partial charge in [0, 0.05) is 23.3 Å². The molecule has 0 amide bonds. The van der Waals surface area contributed by atoms with E-state index in [2.05, 4.69) is 5.16 Å². The van der Waals surface area contributed by atoms with E-state index >= 15 is 0 Å². The van der Waals surface area contributed by atoms with E-state index in [0.29, 0.717) is 17.1 Å². The average Bonchev–Trinajstić information content (AvgIpc) is 2.33. The molecule has 0 fully saturated rings. The first kappa shape index (κ1) is 14.8. The Bertz CT molecular complexity index is 527. The molecule has 0 spiro atoms. The summed E-state index contributed by atoms with van der Waals surface area (Å²) in [6.45, 7) is 0. The largest absolute Gasteiger partial charge is 0.409 e. The third-order valence-electron chi connectivity index (χ3n) is 2.20. The van der Waals surface area contributed by atoms with E-state index in [-0.39, 0.29) is 11.6 Å². The molecule has 0 aliphatic heterocycles. The molecule has 1 rings (SSSR count). The van der Waals surface area contributed by atoms with E-state index in [4.69, 9.17) is 10.9 Å². The molecular weight excluding hydrogens is 272 g/mol. The molecule has 100 valence electrons. The average molecular weight is 288 g/mol. The molecule has 5 nitrogen and oxygen atoms in total. The lowest BCUT2D eigenvalue weighted by molar-refractivity contribution is 0.318. The Balaban J connectivity index is 2.53. The Morgan fingerprint density at radius 1 is 1.50 bits per heavy atom. The molecule has 0 aliphatic carbocycles. The van der Waals surface area contributed by atoms with Gasteiger partial charge in [-0.1, -0.05) is 23.4 Å². The van der Waals surface area contributed by atoms with Crippen molar-refractivity contribution in [3.05, 3.63) is 35.4 Å². The van der Waals surface area contributed by atoms with E-state index in [1.807, 2.05) is 18.2 Å². The van der Waals surface area contributed by atoms with Crippen molar-refractivity contribution < 1.29 is 13.6 Å². The first-order valence-corrected chi connectivity index (χ1v) is 8.46. The molecule has 1 aromatic carbocycles. The number of amidine groups is 1. The van der Waals surface area contributed by atoms with Gasteiger partial charge in [0.15, 0.2) is 5.84 Å². The maximum absolute atomic E-state index is 11.0. The molecular formula is C11H16N2O3S2. The van der Waals surface area contributed by atoms with Crippen LogP contribution in [-0.2, 0) is 15.6 Å². The molecule has 0 unspecified atom stereocenters. The van der Waals surface area contributed by atoms with Gasteiger partial charge in [-0.2, -0.15) is 11.8 Å². The second kappa shape index (κ2) is 6.65. The minimum absolute atomic E-state index is 0.0676. The van der Waals surface area contributed by atoms with Crippen molar-refractivity contribution in [1.29, 1.82) is 0 Å². The van der Waals surface area contributed by atoms with Gasteiger partial charge in [-0.05, 0) is 11.6 Å². The first-order valence-electron chi connectivity index (χ1n) is 5.24. The van der Waals surface area contributed by atoms with Crippen LogP contribution in [0.2, 0.25) is 0 Å². The van der Waals surface area contributed by atoms with Crippen LogP contribution in [-0.4, -0.2) is 37.2 Å². The number of hydrogen-bond acceptors (Lipinski definition) is 5. The van der Waals surface area contributed by atoms with Crippen molar-refractivity contribution in [2.75, 3.05) is 17.8 Å². The Hall–Kier alpha value is -1.21. The van der Waals surface area contributed by atoms with Crippen molar-refractivity contribution in [2.45, 2.75) is 5.75 Å². The van der Waals surface area contributed by atoms with Crippen LogP contribution in [0.5, 0.6) is 0 Å². The maximum Gasteiger partial charge on any atom is 0.170 e. The molecule has 7 heteroatoms. The van der Waals surface area contributed by atoms with Crippen LogP contribution in [0.3, 0.4) is 0 Å². The Kier molecular flexibility index (Phi) is 5.49. The molecule has 0 saturated heterocycles. The van der Waals surface area contributed by atoms with Gasteiger partial charge in [0.05, 0.1) is 5.75 Å². The van der Waals surface area contributed by atoms with E-state index in [9.17, 15) is 8.42 Å². The predicted octanol–water partition coefficient (Wildman–Crippen LogP) is 1.06. The second-order valence-electron chi connectivity index (χ2n) is 3.87. The first-order chi connectivity index (χ1) is 8.42. The Morgan fingerprint density at radius 2 is 2.22 bits per heavy atom. The highest BCUT2D eigenvalue weighted by molar-refractivity contribution is 7.99. The fraction of sp³-hybridized carbons (Fsp3) is 0.364. The third kappa shape index (κ3) is 5.42. The van der Waals surface area contributed by atoms with Crippen molar-refractivity contribution in [3.8, 4) is 0 Å². The number of benzene rings is 1. The van der Waals surface area contributed by atoms with Crippen molar-refractivity contribution >= 4 is 27.4 Å². The van der Waals surface area contributed by atoms with E-state index in [0.717, 1.165) is 5.56 Å². The van der Waals surface area contributed by atoms with Gasteiger partial charge in [-0.15, -0.1) is 0 Å². The molecule has 0 saturated carbocycles. The Morgan fingerprint density at radius 3 is 2.83 bits per heavy atom. The summed E-state index contributed by atoms with van der Waals surface area (Å²) >= 11 is 1.54. The topological polar surface area (TPSA) is 92.8 Å². The number of hydrogen-bond donors (Lipinski definition) is 2. The molecule has 0 aromatic heterocycles. The van der Waals surface area contributed by atoms with E-state index in [1.54, 1.807) is 6.07 Å². The highest BCUT2D eigenvalue weighted by Crippen LogP contribution is 2.14. The molecule has 0 radical (unpaired) electrons. The summed E-state index contributed by atoms with van der Waals surface area (Å²) in [5.41, 5.74) is 7.15. The van der Waals surface area contributed by atoms with Crippen LogP contribution in [0.4, 0.5) is 0 Å². The molecule has 0 aliphatic rings. The number of rotatable bonds is 6. The Labute approximate surface area is 111 Å². The lowest BCUT2D eigenvalue weighted by atomic mass is 10.1. The van der Waals surface area contributed by atoms with Crippen molar-refractivity contribution in [3.63, 3.8) is 0 Å². The zero-order chi connectivity index (χ0) is 13.6. The number of nitrogens with two attached hydrogens (primary N) is 1. The highest BCUT2D eigenvalue weighted by Gasteiger charge is 2.03. The van der Waals surface area contributed by atoms with Gasteiger partial charge in [0.25, 0.3) is 0 Å². The predicted molar refractivity (Wildman–Crippen MR) is 74.8 cm³/mol. The number of sulfone groups is 1. The van der Waals surface area contributed by atoms with Gasteiger partial charge in [-0.25, -0.2) is 8.42 Å².